The van der Waals surface area contributed by atoms with Crippen molar-refractivity contribution in [3.63, 3.8) is 0 Å². The largest absolute Gasteiger partial charge is 0.484 e. The van der Waals surface area contributed by atoms with Gasteiger partial charge in [-0.25, -0.2) is 14.4 Å². The van der Waals surface area contributed by atoms with Crippen LogP contribution in [-0.4, -0.2) is 82.8 Å². The Hall–Kier alpha value is -2.93. The van der Waals surface area contributed by atoms with Gasteiger partial charge >= 0.3 is 17.9 Å². The molecule has 0 saturated carbocycles. The zero-order chi connectivity index (χ0) is 29.0. The van der Waals surface area contributed by atoms with Crippen molar-refractivity contribution in [3.8, 4) is 5.75 Å². The van der Waals surface area contributed by atoms with Crippen LogP contribution in [-0.2, 0) is 38.2 Å². The van der Waals surface area contributed by atoms with E-state index in [0.29, 0.717) is 5.75 Å². The second-order valence-corrected chi connectivity index (χ2v) is 11.7. The number of halogens is 3. The van der Waals surface area contributed by atoms with Crippen LogP contribution in [0, 0.1) is 0 Å². The Morgan fingerprint density at radius 3 is 2.38 bits per heavy atom. The Labute approximate surface area is 242 Å². The van der Waals surface area contributed by atoms with Crippen LogP contribution in [0.25, 0.3) is 0 Å². The number of para-hydroxylation sites is 1. The van der Waals surface area contributed by atoms with E-state index in [-0.39, 0.29) is 12.2 Å². The van der Waals surface area contributed by atoms with Crippen LogP contribution in [0.1, 0.15) is 6.92 Å². The van der Waals surface area contributed by atoms with Crippen LogP contribution < -0.4 is 10.1 Å². The maximum absolute atomic E-state index is 13.7. The molecule has 0 unspecified atom stereocenters. The quantitative estimate of drug-likeness (QED) is 0.144. The molecule has 39 heavy (non-hydrogen) atoms. The van der Waals surface area contributed by atoms with Gasteiger partial charge in [-0.3, -0.25) is 9.59 Å². The van der Waals surface area contributed by atoms with Gasteiger partial charge in [-0.2, -0.15) is 0 Å². The third-order valence-electron chi connectivity index (χ3n) is 5.71. The predicted octanol–water partition coefficient (Wildman–Crippen LogP) is 2.29. The number of benzene rings is 1. The van der Waals surface area contributed by atoms with Crippen molar-refractivity contribution in [2.75, 3.05) is 27.4 Å². The number of alkyl halides is 3. The number of fused-ring (bicyclic) bond motifs is 1. The van der Waals surface area contributed by atoms with E-state index in [2.05, 4.69) is 10.1 Å². The molecule has 1 fully saturated rings. The Morgan fingerprint density at radius 2 is 1.79 bits per heavy atom. The van der Waals surface area contributed by atoms with Crippen LogP contribution >= 0.6 is 46.6 Å². The van der Waals surface area contributed by atoms with Crippen LogP contribution in [0.15, 0.2) is 53.0 Å². The van der Waals surface area contributed by atoms with E-state index in [1.54, 1.807) is 30.3 Å². The summed E-state index contributed by atoms with van der Waals surface area (Å²) in [5, 5.41) is 3.17. The normalized spacial score (nSPS) is 22.5. The molecule has 15 heteroatoms. The van der Waals surface area contributed by atoms with Gasteiger partial charge in [0.05, 0.1) is 19.8 Å². The number of amides is 2. The molecule has 3 atom stereocenters. The van der Waals surface area contributed by atoms with Gasteiger partial charge in [0.2, 0.25) is 3.79 Å². The summed E-state index contributed by atoms with van der Waals surface area (Å²) in [7, 11) is 2.08. The van der Waals surface area contributed by atoms with Crippen LogP contribution in [0.4, 0.5) is 0 Å². The third kappa shape index (κ3) is 6.46. The first-order valence-electron chi connectivity index (χ1n) is 11.1. The summed E-state index contributed by atoms with van der Waals surface area (Å²) < 4.78 is 18.1. The summed E-state index contributed by atoms with van der Waals surface area (Å²) in [5.41, 5.74) is -2.74. The molecule has 11 nitrogen and oxygen atoms in total. The van der Waals surface area contributed by atoms with Crippen molar-refractivity contribution in [2.45, 2.75) is 27.7 Å². The molecular weight excluding hydrogens is 599 g/mol. The second kappa shape index (κ2) is 12.5. The van der Waals surface area contributed by atoms with E-state index in [0.717, 1.165) is 37.0 Å². The molecule has 0 aliphatic carbocycles. The number of ether oxygens (including phenoxy) is 4. The number of esters is 3. The minimum Gasteiger partial charge on any atom is -0.484 e. The smallest absolute Gasteiger partial charge is 0.341 e. The molecule has 210 valence electrons. The van der Waals surface area contributed by atoms with Crippen LogP contribution in [0.5, 0.6) is 5.75 Å². The van der Waals surface area contributed by atoms with Crippen LogP contribution in [0.3, 0.4) is 0 Å². The van der Waals surface area contributed by atoms with Crippen molar-refractivity contribution >= 4 is 76.3 Å². The Balaban J connectivity index is 1.98. The average Bonchev–Trinajstić information content (AvgIpc) is 2.91. The summed E-state index contributed by atoms with van der Waals surface area (Å²) in [4.78, 5) is 65.9. The number of methoxy groups -OCH3 is 2. The zero-order valence-electron chi connectivity index (χ0n) is 20.8. The molecule has 1 N–H and O–H groups in total. The standard InChI is InChI=1S/C24H23Cl3N2O9S/c1-13-11-39-20-18(28-16(30)10-37-14-7-5-4-6-8-14)19(32)29(20)24(13,22(34)38-12-23(25,26)27)15(21(33)36-3)9-17(31)35-2/h4-9,11,18,20H,10,12H2,1-3H3,(H,28,30)/b15-9-/t18-,20-,24+/m1/s1. The Kier molecular flexibility index (Phi) is 9.81. The van der Waals surface area contributed by atoms with Crippen molar-refractivity contribution in [3.05, 3.63) is 53.0 Å². The molecule has 0 aromatic heterocycles. The number of hydrogen-bond donors (Lipinski definition) is 1. The molecule has 2 amide bonds. The second-order valence-electron chi connectivity index (χ2n) is 8.16. The molecule has 0 radical (unpaired) electrons. The van der Waals surface area contributed by atoms with E-state index < -0.39 is 62.6 Å². The minimum absolute atomic E-state index is 0.129. The number of β-lactam (4-membered cyclic amide) rings is 1. The molecule has 2 heterocycles. The topological polar surface area (TPSA) is 138 Å². The van der Waals surface area contributed by atoms with Gasteiger partial charge in [0.1, 0.15) is 23.8 Å². The van der Waals surface area contributed by atoms with Crippen molar-refractivity contribution < 1.29 is 42.9 Å². The van der Waals surface area contributed by atoms with Gasteiger partial charge in [0, 0.05) is 6.08 Å². The summed E-state index contributed by atoms with van der Waals surface area (Å²) in [6.45, 7) is 0.321. The number of thioether (sulfide) groups is 1. The van der Waals surface area contributed by atoms with Gasteiger partial charge in [-0.15, -0.1) is 11.8 Å². The number of carbonyl (C=O) groups is 5. The fraction of sp³-hybridized carbons (Fsp3) is 0.375. The highest BCUT2D eigenvalue weighted by Gasteiger charge is 2.66. The molecule has 1 aromatic carbocycles. The molecule has 1 saturated heterocycles. The molecule has 1 aromatic rings. The van der Waals surface area contributed by atoms with Gasteiger partial charge in [-0.05, 0) is 30.0 Å². The summed E-state index contributed by atoms with van der Waals surface area (Å²) >= 11 is 18.4. The highest BCUT2D eigenvalue weighted by atomic mass is 35.6. The maximum Gasteiger partial charge on any atom is 0.341 e. The SMILES string of the molecule is COC(=O)/C=C(/C(=O)OC)[C@]1(C(=O)OCC(Cl)(Cl)Cl)C(C)=CS[C@@H]2[C@H](NC(=O)COc3ccccc3)C(=O)N21. The summed E-state index contributed by atoms with van der Waals surface area (Å²) in [5.74, 6) is -4.24. The lowest BCUT2D eigenvalue weighted by Gasteiger charge is -2.57. The van der Waals surface area contributed by atoms with Crippen LogP contribution in [0.2, 0.25) is 0 Å². The highest BCUT2D eigenvalue weighted by molar-refractivity contribution is 8.03. The van der Waals surface area contributed by atoms with Gasteiger partial charge in [0.15, 0.2) is 12.1 Å². The molecule has 0 spiro atoms. The maximum atomic E-state index is 13.7. The lowest BCUT2D eigenvalue weighted by Crippen LogP contribution is -2.79. The number of rotatable bonds is 9. The van der Waals surface area contributed by atoms with Crippen molar-refractivity contribution in [1.29, 1.82) is 0 Å². The summed E-state index contributed by atoms with van der Waals surface area (Å²) in [6, 6.07) is 7.46. The third-order valence-corrected chi connectivity index (χ3v) is 7.29. The van der Waals surface area contributed by atoms with E-state index in [9.17, 15) is 24.0 Å². The van der Waals surface area contributed by atoms with Gasteiger partial charge in [-0.1, -0.05) is 53.0 Å². The predicted molar refractivity (Wildman–Crippen MR) is 142 cm³/mol. The number of hydrogen-bond acceptors (Lipinski definition) is 10. The van der Waals surface area contributed by atoms with E-state index in [1.807, 2.05) is 0 Å². The van der Waals surface area contributed by atoms with Crippen molar-refractivity contribution in [1.82, 2.24) is 10.2 Å². The monoisotopic (exact) mass is 620 g/mol. The molecule has 0 bridgehead atoms. The molecule has 3 rings (SSSR count). The lowest BCUT2D eigenvalue weighted by atomic mass is 9.77. The Morgan fingerprint density at radius 1 is 1.13 bits per heavy atom. The molecular formula is C24H23Cl3N2O9S. The summed E-state index contributed by atoms with van der Waals surface area (Å²) in [6.07, 6.45) is 0.722. The molecule has 2 aliphatic rings. The number of carbonyl (C=O) groups excluding carboxylic acids is 5. The number of nitrogens with one attached hydrogen (secondary N) is 1. The van der Waals surface area contributed by atoms with E-state index in [4.69, 9.17) is 49.0 Å². The number of nitrogens with zero attached hydrogens (tertiary/aromatic N) is 1. The van der Waals surface area contributed by atoms with Gasteiger partial charge in [0.25, 0.3) is 11.8 Å². The first kappa shape index (κ1) is 30.6. The Bertz CT molecular complexity index is 1220. The zero-order valence-corrected chi connectivity index (χ0v) is 23.9. The highest BCUT2D eigenvalue weighted by Crippen LogP contribution is 2.50. The first-order chi connectivity index (χ1) is 18.4. The fourth-order valence-corrected chi connectivity index (χ4v) is 5.38. The van der Waals surface area contributed by atoms with E-state index >= 15 is 0 Å². The minimum atomic E-state index is -2.30. The van der Waals surface area contributed by atoms with E-state index in [1.165, 1.54) is 12.3 Å². The molecule has 2 aliphatic heterocycles. The average molecular weight is 622 g/mol. The first-order valence-corrected chi connectivity index (χ1v) is 13.2. The van der Waals surface area contributed by atoms with Gasteiger partial charge < -0.3 is 29.2 Å². The lowest BCUT2D eigenvalue weighted by molar-refractivity contribution is -0.171. The fourth-order valence-electron chi connectivity index (χ4n) is 3.98. The van der Waals surface area contributed by atoms with Crippen molar-refractivity contribution in [2.24, 2.45) is 0 Å².